The molecule has 0 unspecified atom stereocenters. The molecular weight excluding hydrogens is 372 g/mol. The summed E-state index contributed by atoms with van der Waals surface area (Å²) in [6, 6.07) is 15.5. The van der Waals surface area contributed by atoms with E-state index in [1.807, 2.05) is 53.9 Å². The Labute approximate surface area is 163 Å². The van der Waals surface area contributed by atoms with Gasteiger partial charge in [-0.15, -0.1) is 11.3 Å². The Balaban J connectivity index is 1.53. The third-order valence-electron chi connectivity index (χ3n) is 4.67. The third kappa shape index (κ3) is 2.86. The summed E-state index contributed by atoms with van der Waals surface area (Å²) in [4.78, 5) is 28.9. The number of hydrogen-bond acceptors (Lipinski definition) is 5. The monoisotopic (exact) mass is 388 g/mol. The van der Waals surface area contributed by atoms with Crippen LogP contribution in [0.1, 0.15) is 11.6 Å². The van der Waals surface area contributed by atoms with Gasteiger partial charge in [0.15, 0.2) is 0 Å². The minimum absolute atomic E-state index is 0.136. The van der Waals surface area contributed by atoms with Crippen molar-refractivity contribution in [1.29, 1.82) is 0 Å². The normalized spacial score (nSPS) is 11.3. The first-order valence-electron chi connectivity index (χ1n) is 8.80. The molecule has 0 atom stereocenters. The molecule has 2 N–H and O–H groups in total. The fourth-order valence-electron chi connectivity index (χ4n) is 3.31. The van der Waals surface area contributed by atoms with Gasteiger partial charge in [0.05, 0.1) is 30.0 Å². The summed E-state index contributed by atoms with van der Waals surface area (Å²) >= 11 is 1.47. The minimum atomic E-state index is -0.136. The Kier molecular flexibility index (Phi) is 3.95. The van der Waals surface area contributed by atoms with E-state index in [1.54, 1.807) is 7.11 Å². The van der Waals surface area contributed by atoms with Crippen LogP contribution in [0.4, 0.5) is 0 Å². The zero-order valence-corrected chi connectivity index (χ0v) is 15.8. The number of nitrogens with one attached hydrogen (secondary N) is 2. The number of hydrogen-bond donors (Lipinski definition) is 2. The first-order chi connectivity index (χ1) is 13.7. The molecule has 5 rings (SSSR count). The van der Waals surface area contributed by atoms with Crippen molar-refractivity contribution in [3.63, 3.8) is 0 Å². The van der Waals surface area contributed by atoms with E-state index in [4.69, 9.17) is 4.74 Å². The maximum atomic E-state index is 12.8. The summed E-state index contributed by atoms with van der Waals surface area (Å²) in [6.07, 6.45) is 0.440. The van der Waals surface area contributed by atoms with Crippen LogP contribution in [0.15, 0.2) is 58.7 Å². The number of ether oxygens (including phenoxy) is 1. The van der Waals surface area contributed by atoms with Crippen LogP contribution in [0.25, 0.3) is 32.4 Å². The van der Waals surface area contributed by atoms with Crippen molar-refractivity contribution in [2.45, 2.75) is 6.42 Å². The molecule has 0 aliphatic heterocycles. The van der Waals surface area contributed by atoms with Gasteiger partial charge in [-0.05, 0) is 29.8 Å². The number of H-pyrrole nitrogens is 2. The van der Waals surface area contributed by atoms with Crippen LogP contribution in [0, 0.1) is 0 Å². The minimum Gasteiger partial charge on any atom is -0.497 e. The van der Waals surface area contributed by atoms with Gasteiger partial charge in [0.25, 0.3) is 5.56 Å². The van der Waals surface area contributed by atoms with Gasteiger partial charge in [0, 0.05) is 10.9 Å². The number of fused-ring (bicyclic) bond motifs is 2. The topological polar surface area (TPSA) is 83.7 Å². The second-order valence-corrected chi connectivity index (χ2v) is 7.31. The van der Waals surface area contributed by atoms with E-state index in [1.165, 1.54) is 11.3 Å². The molecule has 0 amide bonds. The Morgan fingerprint density at radius 3 is 2.57 bits per heavy atom. The quantitative estimate of drug-likeness (QED) is 0.485. The van der Waals surface area contributed by atoms with Crippen molar-refractivity contribution in [3.05, 3.63) is 75.9 Å². The molecule has 0 aliphatic carbocycles. The number of methoxy groups -OCH3 is 1. The molecule has 2 aromatic carbocycles. The van der Waals surface area contributed by atoms with E-state index >= 15 is 0 Å². The van der Waals surface area contributed by atoms with Gasteiger partial charge in [-0.2, -0.15) is 0 Å². The van der Waals surface area contributed by atoms with Crippen molar-refractivity contribution in [1.82, 2.24) is 19.9 Å². The summed E-state index contributed by atoms with van der Waals surface area (Å²) < 4.78 is 5.21. The zero-order chi connectivity index (χ0) is 19.1. The number of benzene rings is 2. The summed E-state index contributed by atoms with van der Waals surface area (Å²) in [5, 5.41) is 2.59. The van der Waals surface area contributed by atoms with Gasteiger partial charge in [-0.3, -0.25) is 4.79 Å². The van der Waals surface area contributed by atoms with E-state index in [-0.39, 0.29) is 5.56 Å². The van der Waals surface area contributed by atoms with Gasteiger partial charge < -0.3 is 14.7 Å². The summed E-state index contributed by atoms with van der Waals surface area (Å²) in [6.45, 7) is 0. The van der Waals surface area contributed by atoms with E-state index in [9.17, 15) is 4.79 Å². The lowest BCUT2D eigenvalue weighted by Crippen LogP contribution is -2.12. The Morgan fingerprint density at radius 2 is 1.79 bits per heavy atom. The molecule has 0 bridgehead atoms. The third-order valence-corrected chi connectivity index (χ3v) is 5.54. The number of para-hydroxylation sites is 2. The molecule has 0 spiro atoms. The van der Waals surface area contributed by atoms with Gasteiger partial charge in [-0.1, -0.05) is 24.3 Å². The molecule has 3 heterocycles. The van der Waals surface area contributed by atoms with Crippen molar-refractivity contribution >= 4 is 32.6 Å². The smallest absolute Gasteiger partial charge is 0.260 e. The van der Waals surface area contributed by atoms with Crippen LogP contribution >= 0.6 is 11.3 Å². The van der Waals surface area contributed by atoms with Crippen LogP contribution < -0.4 is 10.3 Å². The Hall–Kier alpha value is -3.45. The van der Waals surface area contributed by atoms with Crippen LogP contribution in [0.2, 0.25) is 0 Å². The molecule has 0 saturated carbocycles. The average Bonchev–Trinajstić information content (AvgIpc) is 3.32. The molecule has 6 nitrogen and oxygen atoms in total. The average molecular weight is 388 g/mol. The highest BCUT2D eigenvalue weighted by Gasteiger charge is 2.14. The van der Waals surface area contributed by atoms with E-state index in [0.29, 0.717) is 17.6 Å². The van der Waals surface area contributed by atoms with Gasteiger partial charge in [0.1, 0.15) is 22.2 Å². The van der Waals surface area contributed by atoms with E-state index < -0.39 is 0 Å². The largest absolute Gasteiger partial charge is 0.497 e. The first kappa shape index (κ1) is 16.7. The number of nitrogens with zero attached hydrogens (tertiary/aromatic N) is 2. The molecular formula is C21H16N4O2S. The Bertz CT molecular complexity index is 1320. The number of rotatable bonds is 4. The summed E-state index contributed by atoms with van der Waals surface area (Å²) in [7, 11) is 1.63. The molecule has 0 saturated heterocycles. The zero-order valence-electron chi connectivity index (χ0n) is 15.0. The fraction of sp³-hybridized carbons (Fsp3) is 0.0952. The number of thiophene rings is 1. The van der Waals surface area contributed by atoms with Crippen LogP contribution in [0.3, 0.4) is 0 Å². The van der Waals surface area contributed by atoms with Gasteiger partial charge in [0.2, 0.25) is 0 Å². The SMILES string of the molecule is COc1ccc(-c2csc3nc(Cc4nc5ccccc5[nH]4)[nH]c(=O)c23)cc1. The maximum Gasteiger partial charge on any atom is 0.260 e. The number of imidazole rings is 1. The summed E-state index contributed by atoms with van der Waals surface area (Å²) in [5.41, 5.74) is 3.58. The molecule has 138 valence electrons. The van der Waals surface area contributed by atoms with E-state index in [0.717, 1.165) is 38.6 Å². The molecule has 3 aromatic heterocycles. The van der Waals surface area contributed by atoms with Crippen molar-refractivity contribution in [2.75, 3.05) is 7.11 Å². The first-order valence-corrected chi connectivity index (χ1v) is 9.67. The van der Waals surface area contributed by atoms with Crippen LogP contribution in [-0.4, -0.2) is 27.0 Å². The molecule has 0 fully saturated rings. The van der Waals surface area contributed by atoms with Crippen molar-refractivity contribution < 1.29 is 4.74 Å². The lowest BCUT2D eigenvalue weighted by molar-refractivity contribution is 0.415. The lowest BCUT2D eigenvalue weighted by atomic mass is 10.1. The highest BCUT2D eigenvalue weighted by atomic mass is 32.1. The second kappa shape index (κ2) is 6.61. The van der Waals surface area contributed by atoms with Gasteiger partial charge >= 0.3 is 0 Å². The van der Waals surface area contributed by atoms with Crippen LogP contribution in [-0.2, 0) is 6.42 Å². The highest BCUT2D eigenvalue weighted by molar-refractivity contribution is 7.17. The molecule has 0 radical (unpaired) electrons. The predicted molar refractivity (Wildman–Crippen MR) is 111 cm³/mol. The Morgan fingerprint density at radius 1 is 1.00 bits per heavy atom. The molecule has 28 heavy (non-hydrogen) atoms. The lowest BCUT2D eigenvalue weighted by Gasteiger charge is -2.03. The van der Waals surface area contributed by atoms with Gasteiger partial charge in [-0.25, -0.2) is 9.97 Å². The molecule has 0 aliphatic rings. The maximum absolute atomic E-state index is 12.8. The van der Waals surface area contributed by atoms with E-state index in [2.05, 4.69) is 19.9 Å². The van der Waals surface area contributed by atoms with Crippen molar-refractivity contribution in [2.24, 2.45) is 0 Å². The highest BCUT2D eigenvalue weighted by Crippen LogP contribution is 2.31. The van der Waals surface area contributed by atoms with Crippen molar-refractivity contribution in [3.8, 4) is 16.9 Å². The second-order valence-electron chi connectivity index (χ2n) is 6.45. The predicted octanol–water partition coefficient (Wildman–Crippen LogP) is 4.13. The molecule has 5 aromatic rings. The summed E-state index contributed by atoms with van der Waals surface area (Å²) in [5.74, 6) is 2.15. The number of aromatic amines is 2. The fourth-order valence-corrected chi connectivity index (χ4v) is 4.28. The molecule has 7 heteroatoms. The standard InChI is InChI=1S/C21H16N4O2S/c1-27-13-8-6-12(7-9-13)14-11-28-21-19(14)20(26)24-18(25-21)10-17-22-15-4-2-3-5-16(15)23-17/h2-9,11H,10H2,1H3,(H,22,23)(H,24,25,26). The number of aromatic nitrogens is 4. The van der Waals surface area contributed by atoms with Crippen LogP contribution in [0.5, 0.6) is 5.75 Å².